The molecular formula is C17H14F3N2O7P. The standard InChI is InChI=1S/C17H14F3N2O7P/c1-28-9-2-4-10(5-3-9)29-14-7-13-12(6-11(14)17(18,19)20)21-15(23)16(24)22(13)8-30(25,26)27/h2-7H,8H2,1H3,(H,21,23)(H2,25,26,27). The predicted molar refractivity (Wildman–Crippen MR) is 98.9 cm³/mol. The lowest BCUT2D eigenvalue weighted by atomic mass is 10.1. The molecule has 30 heavy (non-hydrogen) atoms. The van der Waals surface area contributed by atoms with E-state index in [1.165, 1.54) is 31.4 Å². The number of methoxy groups -OCH3 is 1. The number of nitrogens with zero attached hydrogens (tertiary/aromatic N) is 1. The molecule has 3 rings (SSSR count). The van der Waals surface area contributed by atoms with Crippen LogP contribution in [-0.4, -0.2) is 26.4 Å². The van der Waals surface area contributed by atoms with Crippen molar-refractivity contribution in [1.82, 2.24) is 9.55 Å². The Hall–Kier alpha value is -3.08. The van der Waals surface area contributed by atoms with Gasteiger partial charge in [0.05, 0.1) is 18.1 Å². The Morgan fingerprint density at radius 3 is 2.23 bits per heavy atom. The summed E-state index contributed by atoms with van der Waals surface area (Å²) in [5.41, 5.74) is -4.71. The Kier molecular flexibility index (Phi) is 5.50. The number of benzene rings is 2. The molecule has 3 N–H and O–H groups in total. The minimum absolute atomic E-state index is 0.00830. The van der Waals surface area contributed by atoms with E-state index >= 15 is 0 Å². The monoisotopic (exact) mass is 446 g/mol. The summed E-state index contributed by atoms with van der Waals surface area (Å²) in [4.78, 5) is 44.2. The van der Waals surface area contributed by atoms with Crippen molar-refractivity contribution < 1.29 is 37.0 Å². The summed E-state index contributed by atoms with van der Waals surface area (Å²) in [5.74, 6) is -0.287. The topological polar surface area (TPSA) is 131 Å². The number of alkyl halides is 3. The van der Waals surface area contributed by atoms with Gasteiger partial charge in [-0.05, 0) is 30.3 Å². The second kappa shape index (κ2) is 7.63. The number of nitrogens with one attached hydrogen (secondary N) is 1. The van der Waals surface area contributed by atoms with E-state index in [4.69, 9.17) is 9.47 Å². The van der Waals surface area contributed by atoms with Gasteiger partial charge in [-0.2, -0.15) is 13.2 Å². The molecule has 13 heteroatoms. The summed E-state index contributed by atoms with van der Waals surface area (Å²) < 4.78 is 62.8. The number of hydrogen-bond acceptors (Lipinski definition) is 5. The summed E-state index contributed by atoms with van der Waals surface area (Å²) in [6, 6.07) is 6.91. The quantitative estimate of drug-likeness (QED) is 0.406. The number of fused-ring (bicyclic) bond motifs is 1. The van der Waals surface area contributed by atoms with Crippen LogP contribution in [0.5, 0.6) is 17.2 Å². The van der Waals surface area contributed by atoms with E-state index in [1.807, 2.05) is 4.98 Å². The van der Waals surface area contributed by atoms with E-state index in [1.54, 1.807) is 0 Å². The molecule has 1 aromatic heterocycles. The van der Waals surface area contributed by atoms with Gasteiger partial charge in [-0.25, -0.2) is 0 Å². The van der Waals surface area contributed by atoms with E-state index in [-0.39, 0.29) is 11.3 Å². The van der Waals surface area contributed by atoms with Crippen LogP contribution >= 0.6 is 7.60 Å². The molecule has 0 aliphatic rings. The zero-order chi connectivity index (χ0) is 22.3. The highest BCUT2D eigenvalue weighted by Crippen LogP contribution is 2.41. The van der Waals surface area contributed by atoms with Crippen LogP contribution in [0.4, 0.5) is 13.2 Å². The molecule has 0 spiro atoms. The van der Waals surface area contributed by atoms with E-state index in [9.17, 15) is 37.1 Å². The molecule has 0 radical (unpaired) electrons. The predicted octanol–water partition coefficient (Wildman–Crippen LogP) is 2.64. The van der Waals surface area contributed by atoms with Crippen molar-refractivity contribution in [2.45, 2.75) is 12.5 Å². The van der Waals surface area contributed by atoms with Crippen LogP contribution in [0.2, 0.25) is 0 Å². The number of aromatic amines is 1. The number of H-pyrrole nitrogens is 1. The molecule has 0 aliphatic heterocycles. The minimum Gasteiger partial charge on any atom is -0.497 e. The van der Waals surface area contributed by atoms with Crippen molar-refractivity contribution in [1.29, 1.82) is 0 Å². The first-order valence-corrected chi connectivity index (χ1v) is 9.93. The average Bonchev–Trinajstić information content (AvgIpc) is 2.64. The number of halogens is 3. The van der Waals surface area contributed by atoms with E-state index in [2.05, 4.69) is 0 Å². The van der Waals surface area contributed by atoms with Crippen LogP contribution in [0.1, 0.15) is 5.56 Å². The Morgan fingerprint density at radius 1 is 1.10 bits per heavy atom. The maximum absolute atomic E-state index is 13.6. The van der Waals surface area contributed by atoms with Gasteiger partial charge in [0.25, 0.3) is 0 Å². The Labute approximate surface area is 165 Å². The molecule has 0 saturated heterocycles. The van der Waals surface area contributed by atoms with Crippen LogP contribution in [0.25, 0.3) is 11.0 Å². The maximum atomic E-state index is 13.6. The fourth-order valence-corrected chi connectivity index (χ4v) is 3.35. The molecule has 160 valence electrons. The van der Waals surface area contributed by atoms with Crippen molar-refractivity contribution in [3.63, 3.8) is 0 Å². The van der Waals surface area contributed by atoms with Crippen molar-refractivity contribution >= 4 is 18.6 Å². The number of ether oxygens (including phenoxy) is 2. The number of rotatable bonds is 5. The molecule has 0 bridgehead atoms. The second-order valence-corrected chi connectivity index (χ2v) is 7.75. The molecule has 1 heterocycles. The van der Waals surface area contributed by atoms with Gasteiger partial charge in [-0.15, -0.1) is 0 Å². The third-order valence-electron chi connectivity index (χ3n) is 3.99. The number of aromatic nitrogens is 2. The molecule has 9 nitrogen and oxygen atoms in total. The highest BCUT2D eigenvalue weighted by molar-refractivity contribution is 7.50. The van der Waals surface area contributed by atoms with Gasteiger partial charge in [0.2, 0.25) is 0 Å². The van der Waals surface area contributed by atoms with E-state index in [0.717, 1.165) is 6.07 Å². The van der Waals surface area contributed by atoms with Gasteiger partial charge in [0.15, 0.2) is 0 Å². The summed E-state index contributed by atoms with van der Waals surface area (Å²) in [5, 5.41) is 0. The van der Waals surface area contributed by atoms with Crippen LogP contribution in [0.3, 0.4) is 0 Å². The summed E-state index contributed by atoms with van der Waals surface area (Å²) >= 11 is 0. The fourth-order valence-electron chi connectivity index (χ4n) is 2.70. The zero-order valence-electron chi connectivity index (χ0n) is 15.1. The third kappa shape index (κ3) is 4.56. The largest absolute Gasteiger partial charge is 0.497 e. The fraction of sp³-hybridized carbons (Fsp3) is 0.176. The van der Waals surface area contributed by atoms with Gasteiger partial charge in [-0.1, -0.05) is 0 Å². The van der Waals surface area contributed by atoms with Gasteiger partial charge < -0.3 is 24.2 Å². The molecule has 3 aromatic rings. The Bertz CT molecular complexity index is 1260. The Morgan fingerprint density at radius 2 is 1.70 bits per heavy atom. The Balaban J connectivity index is 2.26. The minimum atomic E-state index is -4.89. The average molecular weight is 446 g/mol. The molecule has 2 aromatic carbocycles. The summed E-state index contributed by atoms with van der Waals surface area (Å²) in [6.07, 6.45) is -6.09. The molecule has 0 amide bonds. The molecule has 0 saturated carbocycles. The van der Waals surface area contributed by atoms with Crippen molar-refractivity contribution in [3.05, 3.63) is 62.7 Å². The van der Waals surface area contributed by atoms with Crippen molar-refractivity contribution in [2.75, 3.05) is 7.11 Å². The molecule has 0 unspecified atom stereocenters. The molecular weight excluding hydrogens is 432 g/mol. The van der Waals surface area contributed by atoms with Crippen molar-refractivity contribution in [3.8, 4) is 17.2 Å². The van der Waals surface area contributed by atoms with Crippen LogP contribution in [0, 0.1) is 0 Å². The summed E-state index contributed by atoms with van der Waals surface area (Å²) in [7, 11) is -3.44. The lowest BCUT2D eigenvalue weighted by Crippen LogP contribution is -2.36. The van der Waals surface area contributed by atoms with Crippen LogP contribution in [0.15, 0.2) is 46.0 Å². The molecule has 0 fully saturated rings. The first-order valence-electron chi connectivity index (χ1n) is 8.13. The normalized spacial score (nSPS) is 12.2. The first-order chi connectivity index (χ1) is 13.9. The molecule has 0 aliphatic carbocycles. The zero-order valence-corrected chi connectivity index (χ0v) is 16.0. The highest BCUT2D eigenvalue weighted by Gasteiger charge is 2.36. The van der Waals surface area contributed by atoms with Gasteiger partial charge in [0.1, 0.15) is 29.1 Å². The molecule has 0 atom stereocenters. The highest BCUT2D eigenvalue weighted by atomic mass is 31.2. The number of hydrogen-bond donors (Lipinski definition) is 3. The lowest BCUT2D eigenvalue weighted by Gasteiger charge is -2.17. The lowest BCUT2D eigenvalue weighted by molar-refractivity contribution is -0.138. The maximum Gasteiger partial charge on any atom is 0.420 e. The third-order valence-corrected chi connectivity index (χ3v) is 4.65. The van der Waals surface area contributed by atoms with Crippen molar-refractivity contribution in [2.24, 2.45) is 0 Å². The van der Waals surface area contributed by atoms with Crippen LogP contribution in [-0.2, 0) is 17.0 Å². The second-order valence-electron chi connectivity index (χ2n) is 6.13. The SMILES string of the molecule is COc1ccc(Oc2cc3c(cc2C(F)(F)F)[nH]c(=O)c(=O)n3CP(=O)(O)O)cc1. The van der Waals surface area contributed by atoms with Crippen LogP contribution < -0.4 is 20.6 Å². The van der Waals surface area contributed by atoms with E-state index < -0.39 is 48.0 Å². The van der Waals surface area contributed by atoms with Gasteiger partial charge >= 0.3 is 24.9 Å². The smallest absolute Gasteiger partial charge is 0.420 e. The van der Waals surface area contributed by atoms with E-state index in [0.29, 0.717) is 16.4 Å². The first kappa shape index (κ1) is 21.6. The summed E-state index contributed by atoms with van der Waals surface area (Å²) in [6.45, 7) is 0. The van der Waals surface area contributed by atoms with Gasteiger partial charge in [-0.3, -0.25) is 18.7 Å². The van der Waals surface area contributed by atoms with Gasteiger partial charge in [0, 0.05) is 6.07 Å².